The van der Waals surface area contributed by atoms with E-state index in [2.05, 4.69) is 0 Å². The van der Waals surface area contributed by atoms with Gasteiger partial charge in [-0.3, -0.25) is 0 Å². The van der Waals surface area contributed by atoms with Gasteiger partial charge in [-0.2, -0.15) is 0 Å². The van der Waals surface area contributed by atoms with Crippen molar-refractivity contribution >= 4 is 110 Å². The predicted octanol–water partition coefficient (Wildman–Crippen LogP) is 17.5. The quantitative estimate of drug-likeness (QED) is 0.165. The van der Waals surface area contributed by atoms with E-state index >= 15 is 0 Å². The highest BCUT2D eigenvalue weighted by atomic mass is 15.2. The Morgan fingerprint density at radius 1 is 0.348 bits per heavy atom. The summed E-state index contributed by atoms with van der Waals surface area (Å²) in [5, 5.41) is 1.49. The van der Waals surface area contributed by atoms with E-state index in [1.54, 1.807) is 8.80 Å². The van der Waals surface area contributed by atoms with Crippen molar-refractivity contribution in [3.63, 3.8) is 0 Å². The molecule has 13 rings (SSSR count). The normalized spacial score (nSPS) is 15.2. The standard InChI is InChI=1S/C62H50N4/c1-61(2,3)39-27-31-51-49(35-39)57-53(63(41-19-11-7-12-20-41)42-21-13-8-14-22-42)33-29-45-47-38-56-48(37-55(47)65(51)59(45)57)46-30-34-54(64(43-23-15-9-16-24-43)44-25-17-10-18-26-44)58-50-36-40(62(4,5)6)28-32-52(50)66(56)60(46)58/h7-38H,1-6H3/i27D,28D,29D,30D,31D,32D,33D,34D,35D,36D,37D,38D. The van der Waals surface area contributed by atoms with Crippen molar-refractivity contribution in [1.29, 1.82) is 0 Å². The first-order valence-electron chi connectivity index (χ1n) is 28.3. The summed E-state index contributed by atoms with van der Waals surface area (Å²) in [5.41, 5.74) is 2.89. The average Bonchev–Trinajstić information content (AvgIpc) is 3.13. The summed E-state index contributed by atoms with van der Waals surface area (Å²) in [6.07, 6.45) is 0. The van der Waals surface area contributed by atoms with Gasteiger partial charge in [-0.1, -0.05) is 139 Å². The van der Waals surface area contributed by atoms with Crippen molar-refractivity contribution in [2.45, 2.75) is 52.4 Å². The minimum absolute atomic E-state index is 0.0433. The summed E-state index contributed by atoms with van der Waals surface area (Å²) < 4.78 is 125. The molecule has 0 aliphatic carbocycles. The van der Waals surface area contributed by atoms with E-state index in [0.717, 1.165) is 0 Å². The lowest BCUT2D eigenvalue weighted by molar-refractivity contribution is 0.591. The van der Waals surface area contributed by atoms with Gasteiger partial charge in [0.15, 0.2) is 0 Å². The minimum atomic E-state index is -0.796. The highest BCUT2D eigenvalue weighted by molar-refractivity contribution is 6.32. The number of para-hydroxylation sites is 4. The van der Waals surface area contributed by atoms with Gasteiger partial charge in [0.2, 0.25) is 0 Å². The van der Waals surface area contributed by atoms with Crippen LogP contribution in [0.5, 0.6) is 0 Å². The Morgan fingerprint density at radius 2 is 0.682 bits per heavy atom. The van der Waals surface area contributed by atoms with Gasteiger partial charge in [0, 0.05) is 65.8 Å². The van der Waals surface area contributed by atoms with Crippen LogP contribution in [-0.2, 0) is 10.8 Å². The molecule has 0 radical (unpaired) electrons. The molecule has 0 spiro atoms. The number of anilines is 6. The number of rotatable bonds is 6. The maximum atomic E-state index is 10.7. The van der Waals surface area contributed by atoms with Gasteiger partial charge < -0.3 is 18.6 Å². The lowest BCUT2D eigenvalue weighted by Crippen LogP contribution is -2.11. The lowest BCUT2D eigenvalue weighted by Gasteiger charge is -2.26. The average molecular weight is 863 g/mol. The van der Waals surface area contributed by atoms with Gasteiger partial charge in [-0.15, -0.1) is 0 Å². The zero-order valence-corrected chi connectivity index (χ0v) is 37.3. The van der Waals surface area contributed by atoms with Crippen LogP contribution >= 0.6 is 0 Å². The molecule has 0 amide bonds. The molecule has 4 heteroatoms. The predicted molar refractivity (Wildman–Crippen MR) is 283 cm³/mol. The van der Waals surface area contributed by atoms with E-state index in [-0.39, 0.29) is 149 Å². The number of hydrogen-bond donors (Lipinski definition) is 0. The topological polar surface area (TPSA) is 15.3 Å². The molecule has 13 aromatic rings. The smallest absolute Gasteiger partial charge is 0.0653 e. The molecule has 4 aromatic heterocycles. The summed E-state index contributed by atoms with van der Waals surface area (Å²) in [5.74, 6) is 0. The second-order valence-corrected chi connectivity index (χ2v) is 19.2. The van der Waals surface area contributed by atoms with Crippen LogP contribution in [0.15, 0.2) is 194 Å². The summed E-state index contributed by atoms with van der Waals surface area (Å²) in [4.78, 5) is 3.71. The molecule has 0 atom stereocenters. The van der Waals surface area contributed by atoms with Gasteiger partial charge in [0.05, 0.1) is 60.9 Å². The van der Waals surface area contributed by atoms with Gasteiger partial charge >= 0.3 is 0 Å². The van der Waals surface area contributed by atoms with Gasteiger partial charge in [-0.05, 0) is 119 Å². The van der Waals surface area contributed by atoms with Crippen molar-refractivity contribution in [3.05, 3.63) is 205 Å². The van der Waals surface area contributed by atoms with Crippen molar-refractivity contribution < 1.29 is 16.4 Å². The molecule has 0 saturated carbocycles. The van der Waals surface area contributed by atoms with E-state index < -0.39 is 10.8 Å². The first kappa shape index (κ1) is 28.2. The number of benzene rings is 9. The third-order valence-corrected chi connectivity index (χ3v) is 12.9. The SMILES string of the molecule is [2H]c1c([2H])c2c3c([2H])c4c(c([2H])c3n3c5c([2H])c([2H])c(C(C)(C)C)c([2H])c5c(c1N(c1ccccc1)c1ccccc1)c23)c1c([2H])c([2H])c(N(c2ccccc2)c2ccccc2)c2c3c([2H])c(C(C)(C)C)c([2H])c([2H])c3n4c12. The monoisotopic (exact) mass is 862 g/mol. The van der Waals surface area contributed by atoms with Gasteiger partial charge in [0.25, 0.3) is 0 Å². The molecule has 66 heavy (non-hydrogen) atoms. The van der Waals surface area contributed by atoms with Crippen LogP contribution in [0, 0.1) is 0 Å². The van der Waals surface area contributed by atoms with Crippen LogP contribution in [0.2, 0.25) is 0 Å². The molecular formula is C62H50N4. The van der Waals surface area contributed by atoms with Crippen LogP contribution in [0.3, 0.4) is 0 Å². The maximum Gasteiger partial charge on any atom is 0.0653 e. The number of aromatic nitrogens is 2. The van der Waals surface area contributed by atoms with E-state index in [9.17, 15) is 16.4 Å². The Kier molecular flexibility index (Phi) is 5.91. The second kappa shape index (κ2) is 13.8. The molecule has 9 aromatic carbocycles. The van der Waals surface area contributed by atoms with Crippen LogP contribution in [0.4, 0.5) is 34.1 Å². The maximum absolute atomic E-state index is 10.7. The van der Waals surface area contributed by atoms with Crippen molar-refractivity contribution in [2.24, 2.45) is 0 Å². The van der Waals surface area contributed by atoms with Crippen LogP contribution < -0.4 is 9.80 Å². The second-order valence-electron chi connectivity index (χ2n) is 19.2. The summed E-state index contributed by atoms with van der Waals surface area (Å²) >= 11 is 0. The molecule has 0 aliphatic heterocycles. The van der Waals surface area contributed by atoms with Crippen molar-refractivity contribution in [3.8, 4) is 0 Å². The molecule has 0 fully saturated rings. The number of nitrogens with zero attached hydrogens (tertiary/aromatic N) is 4. The molecule has 0 aliphatic rings. The fraction of sp³-hybridized carbons (Fsp3) is 0.129. The third-order valence-electron chi connectivity index (χ3n) is 12.9. The summed E-state index contributed by atoms with van der Waals surface area (Å²) in [6.45, 7) is 11.3. The van der Waals surface area contributed by atoms with E-state index in [1.165, 1.54) is 0 Å². The van der Waals surface area contributed by atoms with E-state index in [4.69, 9.17) is 0 Å². The van der Waals surface area contributed by atoms with Gasteiger partial charge in [-0.25, -0.2) is 0 Å². The van der Waals surface area contributed by atoms with Crippen LogP contribution in [0.1, 0.15) is 69.1 Å². The summed E-state index contributed by atoms with van der Waals surface area (Å²) in [6, 6.07) is 35.0. The van der Waals surface area contributed by atoms with Crippen molar-refractivity contribution in [2.75, 3.05) is 9.80 Å². The zero-order valence-electron chi connectivity index (χ0n) is 49.3. The Hall–Kier alpha value is -7.82. The Bertz CT molecular complexity index is 4320. The largest absolute Gasteiger partial charge is 0.310 e. The molecule has 318 valence electrons. The fourth-order valence-corrected chi connectivity index (χ4v) is 9.80. The van der Waals surface area contributed by atoms with E-state index in [1.807, 2.05) is 173 Å². The zero-order chi connectivity index (χ0) is 55.1. The first-order chi connectivity index (χ1) is 37.1. The minimum Gasteiger partial charge on any atom is -0.310 e. The first-order valence-corrected chi connectivity index (χ1v) is 22.3. The summed E-state index contributed by atoms with van der Waals surface area (Å²) in [7, 11) is 0. The molecule has 4 nitrogen and oxygen atoms in total. The van der Waals surface area contributed by atoms with Crippen LogP contribution in [0.25, 0.3) is 76.2 Å². The van der Waals surface area contributed by atoms with Crippen LogP contribution in [-0.4, -0.2) is 8.80 Å². The molecule has 0 unspecified atom stereocenters. The highest BCUT2D eigenvalue weighted by Crippen LogP contribution is 2.52. The Balaban J connectivity index is 1.32. The lowest BCUT2D eigenvalue weighted by atomic mass is 9.86. The molecule has 4 heterocycles. The molecule has 0 bridgehead atoms. The molecule has 0 saturated heterocycles. The molecule has 0 N–H and O–H groups in total. The van der Waals surface area contributed by atoms with Crippen molar-refractivity contribution in [1.82, 2.24) is 8.80 Å². The van der Waals surface area contributed by atoms with Gasteiger partial charge in [0.1, 0.15) is 0 Å². The third kappa shape index (κ3) is 5.51. The Labute approximate surface area is 401 Å². The van der Waals surface area contributed by atoms with E-state index in [0.29, 0.717) is 44.6 Å². The number of fused-ring (bicyclic) bond motifs is 12. The highest BCUT2D eigenvalue weighted by Gasteiger charge is 2.29. The fourth-order valence-electron chi connectivity index (χ4n) is 9.80. The molecular weight excluding hydrogens is 801 g/mol. The number of hydrogen-bond acceptors (Lipinski definition) is 2. The Morgan fingerprint density at radius 3 is 1.00 bits per heavy atom.